The highest BCUT2D eigenvalue weighted by molar-refractivity contribution is 5.76. The normalized spacial score (nSPS) is 11.8. The molecule has 0 amide bonds. The van der Waals surface area contributed by atoms with Crippen molar-refractivity contribution in [3.8, 4) is 11.5 Å². The van der Waals surface area contributed by atoms with Crippen molar-refractivity contribution in [3.63, 3.8) is 0 Å². The quantitative estimate of drug-likeness (QED) is 0.476. The zero-order valence-electron chi connectivity index (χ0n) is 14.5. The van der Waals surface area contributed by atoms with Gasteiger partial charge in [-0.05, 0) is 19.7 Å². The van der Waals surface area contributed by atoms with Gasteiger partial charge in [0.2, 0.25) is 11.6 Å². The summed E-state index contributed by atoms with van der Waals surface area (Å²) in [5.41, 5.74) is 2.63. The van der Waals surface area contributed by atoms with Crippen LogP contribution in [0.1, 0.15) is 18.4 Å². The Morgan fingerprint density at radius 2 is 2.15 bits per heavy atom. The summed E-state index contributed by atoms with van der Waals surface area (Å²) in [7, 11) is 1.60. The van der Waals surface area contributed by atoms with Crippen molar-refractivity contribution in [3.05, 3.63) is 60.5 Å². The van der Waals surface area contributed by atoms with E-state index in [2.05, 4.69) is 26.7 Å². The lowest BCUT2D eigenvalue weighted by atomic mass is 10.2. The van der Waals surface area contributed by atoms with Crippen molar-refractivity contribution < 1.29 is 13.9 Å². The van der Waals surface area contributed by atoms with Gasteiger partial charge in [-0.25, -0.2) is 9.97 Å². The third-order valence-electron chi connectivity index (χ3n) is 3.46. The number of rotatable bonds is 7. The van der Waals surface area contributed by atoms with Gasteiger partial charge in [0, 0.05) is 24.0 Å². The lowest BCUT2D eigenvalue weighted by Gasteiger charge is -2.06. The number of methoxy groups -OCH3 is 1. The molecule has 3 heterocycles. The maximum atomic E-state index is 5.77. The minimum absolute atomic E-state index is 0.339. The summed E-state index contributed by atoms with van der Waals surface area (Å²) in [5.74, 6) is 1.69. The molecule has 0 radical (unpaired) electrons. The van der Waals surface area contributed by atoms with Crippen molar-refractivity contribution in [1.82, 2.24) is 15.0 Å². The molecule has 7 nitrogen and oxygen atoms in total. The fourth-order valence-electron chi connectivity index (χ4n) is 2.28. The van der Waals surface area contributed by atoms with E-state index in [4.69, 9.17) is 13.9 Å². The zero-order chi connectivity index (χ0) is 18.4. The van der Waals surface area contributed by atoms with E-state index in [-0.39, 0.29) is 0 Å². The van der Waals surface area contributed by atoms with Gasteiger partial charge >= 0.3 is 0 Å². The number of ether oxygens (including phenoxy) is 2. The summed E-state index contributed by atoms with van der Waals surface area (Å²) in [6.45, 7) is 5.70. The lowest BCUT2D eigenvalue weighted by molar-refractivity contribution is 0.303. The van der Waals surface area contributed by atoms with Gasteiger partial charge < -0.3 is 13.9 Å². The molecule has 0 fully saturated rings. The third-order valence-corrected chi connectivity index (χ3v) is 3.46. The van der Waals surface area contributed by atoms with E-state index in [1.54, 1.807) is 38.0 Å². The van der Waals surface area contributed by atoms with Crippen molar-refractivity contribution in [2.45, 2.75) is 13.5 Å². The standard InChI is InChI=1S/C19H18N4O3/c1-4-5-14(9-20-2)18-23-17-7-16(11-22-19(17)26-18)25-12-13-6-15(24-3)10-21-8-13/h4-11H,2,12H2,1,3H3/b5-4-,14-9+. The summed E-state index contributed by atoms with van der Waals surface area (Å²) < 4.78 is 16.6. The first-order valence-corrected chi connectivity index (χ1v) is 7.90. The summed E-state index contributed by atoms with van der Waals surface area (Å²) in [5, 5.41) is 0. The summed E-state index contributed by atoms with van der Waals surface area (Å²) in [6, 6.07) is 3.64. The van der Waals surface area contributed by atoms with Crippen LogP contribution in [0.5, 0.6) is 11.5 Å². The Hall–Kier alpha value is -3.48. The molecule has 0 unspecified atom stereocenters. The minimum Gasteiger partial charge on any atom is -0.495 e. The molecule has 0 bridgehead atoms. The van der Waals surface area contributed by atoms with Crippen molar-refractivity contribution >= 4 is 23.5 Å². The Bertz CT molecular complexity index is 976. The number of aromatic nitrogens is 3. The van der Waals surface area contributed by atoms with E-state index in [1.165, 1.54) is 0 Å². The molecule has 26 heavy (non-hydrogen) atoms. The zero-order valence-corrected chi connectivity index (χ0v) is 14.5. The predicted molar refractivity (Wildman–Crippen MR) is 99.3 cm³/mol. The first kappa shape index (κ1) is 17.3. The number of oxazole rings is 1. The van der Waals surface area contributed by atoms with Crippen LogP contribution in [0.2, 0.25) is 0 Å². The summed E-state index contributed by atoms with van der Waals surface area (Å²) in [4.78, 5) is 16.6. The van der Waals surface area contributed by atoms with Gasteiger partial charge in [-0.2, -0.15) is 0 Å². The SMILES string of the molecule is C=N/C=C(\C=C/C)c1nc2cc(OCc3cncc(OC)c3)cnc2o1. The molecule has 3 aromatic heterocycles. The fourth-order valence-corrected chi connectivity index (χ4v) is 2.28. The molecule has 132 valence electrons. The molecule has 7 heteroatoms. The second kappa shape index (κ2) is 8.06. The van der Waals surface area contributed by atoms with Gasteiger partial charge in [-0.1, -0.05) is 12.2 Å². The van der Waals surface area contributed by atoms with E-state index in [0.29, 0.717) is 40.8 Å². The van der Waals surface area contributed by atoms with Gasteiger partial charge in [-0.15, -0.1) is 0 Å². The van der Waals surface area contributed by atoms with Crippen molar-refractivity contribution in [1.29, 1.82) is 0 Å². The predicted octanol–water partition coefficient (Wildman–Crippen LogP) is 3.82. The van der Waals surface area contributed by atoms with Gasteiger partial charge in [0.05, 0.1) is 25.1 Å². The van der Waals surface area contributed by atoms with Crippen LogP contribution in [-0.4, -0.2) is 28.8 Å². The summed E-state index contributed by atoms with van der Waals surface area (Å²) >= 11 is 0. The van der Waals surface area contributed by atoms with Gasteiger partial charge in [0.15, 0.2) is 0 Å². The van der Waals surface area contributed by atoms with E-state index >= 15 is 0 Å². The molecule has 0 atom stereocenters. The van der Waals surface area contributed by atoms with Crippen LogP contribution in [0.25, 0.3) is 16.8 Å². The number of nitrogens with zero attached hydrogens (tertiary/aromatic N) is 4. The Labute approximate surface area is 150 Å². The van der Waals surface area contributed by atoms with Crippen LogP contribution < -0.4 is 9.47 Å². The van der Waals surface area contributed by atoms with Crippen LogP contribution >= 0.6 is 0 Å². The number of hydrogen-bond donors (Lipinski definition) is 0. The first-order valence-electron chi connectivity index (χ1n) is 7.90. The van der Waals surface area contributed by atoms with Gasteiger partial charge in [0.25, 0.3) is 0 Å². The molecule has 0 saturated carbocycles. The molecule has 0 saturated heterocycles. The van der Waals surface area contributed by atoms with E-state index < -0.39 is 0 Å². The second-order valence-corrected chi connectivity index (χ2v) is 5.30. The second-order valence-electron chi connectivity index (χ2n) is 5.30. The van der Waals surface area contributed by atoms with E-state index in [0.717, 1.165) is 5.56 Å². The average molecular weight is 350 g/mol. The number of allylic oxidation sites excluding steroid dienone is 3. The van der Waals surface area contributed by atoms with Crippen LogP contribution in [0.15, 0.2) is 58.5 Å². The number of fused-ring (bicyclic) bond motifs is 1. The maximum absolute atomic E-state index is 5.77. The highest BCUT2D eigenvalue weighted by Crippen LogP contribution is 2.24. The highest BCUT2D eigenvalue weighted by atomic mass is 16.5. The monoisotopic (exact) mass is 350 g/mol. The van der Waals surface area contributed by atoms with E-state index in [9.17, 15) is 0 Å². The Kier molecular flexibility index (Phi) is 5.38. The van der Waals surface area contributed by atoms with Crippen molar-refractivity contribution in [2.75, 3.05) is 7.11 Å². The molecular weight excluding hydrogens is 332 g/mol. The van der Waals surface area contributed by atoms with Gasteiger partial charge in [0.1, 0.15) is 23.6 Å². The van der Waals surface area contributed by atoms with Crippen LogP contribution in [0, 0.1) is 0 Å². The Balaban J connectivity index is 1.80. The van der Waals surface area contributed by atoms with Crippen LogP contribution in [-0.2, 0) is 6.61 Å². The van der Waals surface area contributed by atoms with Crippen molar-refractivity contribution in [2.24, 2.45) is 4.99 Å². The molecule has 3 rings (SSSR count). The molecule has 0 aliphatic heterocycles. The number of aliphatic imine (C=N–C) groups is 1. The molecule has 0 aromatic carbocycles. The Morgan fingerprint density at radius 1 is 1.27 bits per heavy atom. The smallest absolute Gasteiger partial charge is 0.247 e. The first-order chi connectivity index (χ1) is 12.7. The number of pyridine rings is 2. The van der Waals surface area contributed by atoms with Crippen LogP contribution in [0.3, 0.4) is 0 Å². The maximum Gasteiger partial charge on any atom is 0.247 e. The van der Waals surface area contributed by atoms with Crippen LogP contribution in [0.4, 0.5) is 0 Å². The minimum atomic E-state index is 0.339. The molecule has 3 aromatic rings. The largest absolute Gasteiger partial charge is 0.495 e. The number of hydrogen-bond acceptors (Lipinski definition) is 7. The van der Waals surface area contributed by atoms with Gasteiger partial charge in [-0.3, -0.25) is 9.98 Å². The molecule has 0 aliphatic carbocycles. The summed E-state index contributed by atoms with van der Waals surface area (Å²) in [6.07, 6.45) is 10.2. The third kappa shape index (κ3) is 3.94. The highest BCUT2D eigenvalue weighted by Gasteiger charge is 2.11. The Morgan fingerprint density at radius 3 is 2.92 bits per heavy atom. The molecule has 0 aliphatic rings. The lowest BCUT2D eigenvalue weighted by Crippen LogP contribution is -1.97. The molecule has 0 N–H and O–H groups in total. The average Bonchev–Trinajstić information content (AvgIpc) is 3.09. The molecule has 0 spiro atoms. The fraction of sp³-hybridized carbons (Fsp3) is 0.158. The van der Waals surface area contributed by atoms with E-state index in [1.807, 2.05) is 25.1 Å². The topological polar surface area (TPSA) is 82.6 Å². The molecular formula is C19H18N4O3.